The third-order valence-corrected chi connectivity index (χ3v) is 6.78. The molecule has 2 aromatic rings. The quantitative estimate of drug-likeness (QED) is 0.735. The van der Waals surface area contributed by atoms with Gasteiger partial charge in [0, 0.05) is 17.5 Å². The molecule has 1 aliphatic carbocycles. The molecule has 3 rings (SSSR count). The molecule has 0 aliphatic heterocycles. The van der Waals surface area contributed by atoms with Crippen LogP contribution in [0.25, 0.3) is 11.3 Å². The third-order valence-electron chi connectivity index (χ3n) is 4.96. The topological polar surface area (TPSA) is 62.8 Å². The van der Waals surface area contributed by atoms with Crippen LogP contribution in [0.1, 0.15) is 43.7 Å². The molecule has 0 saturated heterocycles. The second-order valence-electron chi connectivity index (χ2n) is 6.66. The second-order valence-corrected chi connectivity index (χ2v) is 9.33. The van der Waals surface area contributed by atoms with Crippen LogP contribution in [0.5, 0.6) is 0 Å². The summed E-state index contributed by atoms with van der Waals surface area (Å²) in [4.78, 5) is 0.339. The fourth-order valence-corrected chi connectivity index (χ4v) is 5.03. The molecule has 1 atom stereocenters. The number of nitrogens with zero attached hydrogens (tertiary/aromatic N) is 1. The van der Waals surface area contributed by atoms with E-state index in [1.165, 1.54) is 38.4 Å². The van der Waals surface area contributed by atoms with E-state index in [9.17, 15) is 8.42 Å². The lowest BCUT2D eigenvalue weighted by Gasteiger charge is -2.27. The van der Waals surface area contributed by atoms with Gasteiger partial charge in [-0.15, -0.1) is 0 Å². The van der Waals surface area contributed by atoms with Gasteiger partial charge in [-0.3, -0.25) is 5.10 Å². The molecule has 130 valence electrons. The molecule has 1 aromatic carbocycles. The predicted octanol–water partition coefficient (Wildman–Crippen LogP) is 4.54. The van der Waals surface area contributed by atoms with Crippen molar-refractivity contribution in [2.45, 2.75) is 42.9 Å². The van der Waals surface area contributed by atoms with E-state index in [1.54, 1.807) is 12.1 Å². The number of hydrogen-bond donors (Lipinski definition) is 1. The summed E-state index contributed by atoms with van der Waals surface area (Å²) in [5, 5.41) is 8.58. The molecule has 0 spiro atoms. The van der Waals surface area contributed by atoms with Crippen LogP contribution in [0.3, 0.4) is 0 Å². The van der Waals surface area contributed by atoms with Gasteiger partial charge in [0.25, 0.3) is 0 Å². The fourth-order valence-electron chi connectivity index (χ4n) is 3.54. The molecule has 1 N–H and O–H groups in total. The van der Waals surface area contributed by atoms with Gasteiger partial charge in [-0.25, -0.2) is 8.42 Å². The first kappa shape index (κ1) is 17.7. The molecule has 0 radical (unpaired) electrons. The van der Waals surface area contributed by atoms with Gasteiger partial charge in [0.15, 0.2) is 9.84 Å². The van der Waals surface area contributed by atoms with E-state index < -0.39 is 9.84 Å². The van der Waals surface area contributed by atoms with Gasteiger partial charge in [0.2, 0.25) is 0 Å². The Morgan fingerprint density at radius 3 is 2.46 bits per heavy atom. The van der Waals surface area contributed by atoms with Crippen LogP contribution in [0.15, 0.2) is 35.2 Å². The van der Waals surface area contributed by atoms with Crippen LogP contribution in [-0.2, 0) is 9.84 Å². The van der Waals surface area contributed by atoms with Crippen molar-refractivity contribution in [2.75, 3.05) is 11.6 Å². The number of rotatable bonds is 5. The lowest BCUT2D eigenvalue weighted by Crippen LogP contribution is -2.17. The normalized spacial score (nSPS) is 17.8. The molecule has 1 unspecified atom stereocenters. The Bertz CT molecular complexity index is 778. The van der Waals surface area contributed by atoms with Crippen molar-refractivity contribution >= 4 is 25.8 Å². The van der Waals surface area contributed by atoms with Gasteiger partial charge < -0.3 is 0 Å². The van der Waals surface area contributed by atoms with E-state index in [0.29, 0.717) is 16.7 Å². The maximum Gasteiger partial charge on any atom is 0.175 e. The number of halogens is 1. The Balaban J connectivity index is 1.81. The maximum atomic E-state index is 11.6. The Morgan fingerprint density at radius 2 is 1.88 bits per heavy atom. The highest BCUT2D eigenvalue weighted by atomic mass is 79.9. The van der Waals surface area contributed by atoms with Crippen LogP contribution < -0.4 is 0 Å². The molecule has 24 heavy (non-hydrogen) atoms. The van der Waals surface area contributed by atoms with E-state index in [-0.39, 0.29) is 0 Å². The summed E-state index contributed by atoms with van der Waals surface area (Å²) in [5.41, 5.74) is 2.99. The Kier molecular flexibility index (Phi) is 5.45. The molecule has 1 aliphatic rings. The average molecular weight is 411 g/mol. The van der Waals surface area contributed by atoms with Crippen molar-refractivity contribution in [3.8, 4) is 11.3 Å². The largest absolute Gasteiger partial charge is 0.278 e. The number of H-pyrrole nitrogens is 1. The SMILES string of the molecule is CS(=O)(=O)c1ccc(-c2cc(C(CBr)C3CCCCC3)n[nH]2)cc1. The van der Waals surface area contributed by atoms with Crippen LogP contribution in [0.4, 0.5) is 0 Å². The molecule has 1 fully saturated rings. The van der Waals surface area contributed by atoms with Crippen molar-refractivity contribution in [3.63, 3.8) is 0 Å². The molecule has 1 aromatic heterocycles. The molecule has 0 bridgehead atoms. The van der Waals surface area contributed by atoms with Crippen molar-refractivity contribution in [2.24, 2.45) is 5.92 Å². The highest BCUT2D eigenvalue weighted by Crippen LogP contribution is 2.37. The van der Waals surface area contributed by atoms with Crippen LogP contribution in [0, 0.1) is 5.92 Å². The molecule has 4 nitrogen and oxygen atoms in total. The lowest BCUT2D eigenvalue weighted by atomic mass is 9.79. The summed E-state index contributed by atoms with van der Waals surface area (Å²) in [7, 11) is -3.16. The van der Waals surface area contributed by atoms with Gasteiger partial charge in [0.1, 0.15) is 0 Å². The number of nitrogens with one attached hydrogen (secondary N) is 1. The maximum absolute atomic E-state index is 11.6. The number of hydrogen-bond acceptors (Lipinski definition) is 3. The molecule has 1 heterocycles. The summed E-state index contributed by atoms with van der Waals surface area (Å²) in [6.07, 6.45) is 7.77. The van der Waals surface area contributed by atoms with Gasteiger partial charge in [-0.2, -0.15) is 5.10 Å². The van der Waals surface area contributed by atoms with E-state index >= 15 is 0 Å². The first-order valence-electron chi connectivity index (χ1n) is 8.41. The zero-order valence-electron chi connectivity index (χ0n) is 13.8. The zero-order valence-corrected chi connectivity index (χ0v) is 16.2. The standard InChI is InChI=1S/C18H23BrN2O2S/c1-24(22,23)15-9-7-14(8-10-15)17-11-18(21-20-17)16(12-19)13-5-3-2-4-6-13/h7-11,13,16H,2-6,12H2,1H3,(H,20,21). The Labute approximate surface area is 152 Å². The number of aromatic amines is 1. The predicted molar refractivity (Wildman–Crippen MR) is 100 cm³/mol. The van der Waals surface area contributed by atoms with Crippen LogP contribution in [0.2, 0.25) is 0 Å². The molecule has 1 saturated carbocycles. The first-order chi connectivity index (χ1) is 11.5. The van der Waals surface area contributed by atoms with E-state index in [1.807, 2.05) is 12.1 Å². The smallest absolute Gasteiger partial charge is 0.175 e. The molecular formula is C18H23BrN2O2S. The zero-order chi connectivity index (χ0) is 17.2. The summed E-state index contributed by atoms with van der Waals surface area (Å²) < 4.78 is 23.1. The second kappa shape index (κ2) is 7.40. The van der Waals surface area contributed by atoms with E-state index in [4.69, 9.17) is 0 Å². The van der Waals surface area contributed by atoms with Gasteiger partial charge in [-0.1, -0.05) is 47.3 Å². The van der Waals surface area contributed by atoms with Gasteiger partial charge >= 0.3 is 0 Å². The van der Waals surface area contributed by atoms with E-state index in [0.717, 1.165) is 22.3 Å². The highest BCUT2D eigenvalue weighted by molar-refractivity contribution is 9.09. The summed E-state index contributed by atoms with van der Waals surface area (Å²) in [5.74, 6) is 1.13. The number of sulfone groups is 1. The Morgan fingerprint density at radius 1 is 1.21 bits per heavy atom. The first-order valence-corrected chi connectivity index (χ1v) is 11.4. The summed E-state index contributed by atoms with van der Waals surface area (Å²) >= 11 is 3.66. The van der Waals surface area contributed by atoms with Gasteiger partial charge in [0.05, 0.1) is 16.3 Å². The minimum Gasteiger partial charge on any atom is -0.278 e. The number of benzene rings is 1. The molecule has 0 amide bonds. The monoisotopic (exact) mass is 410 g/mol. The summed E-state index contributed by atoms with van der Waals surface area (Å²) in [6.45, 7) is 0. The van der Waals surface area contributed by atoms with Crippen molar-refractivity contribution in [1.29, 1.82) is 0 Å². The summed E-state index contributed by atoms with van der Waals surface area (Å²) in [6, 6.07) is 9.06. The number of alkyl halides is 1. The molecule has 6 heteroatoms. The highest BCUT2D eigenvalue weighted by Gasteiger charge is 2.26. The van der Waals surface area contributed by atoms with Crippen LogP contribution in [-0.4, -0.2) is 30.2 Å². The average Bonchev–Trinajstić information content (AvgIpc) is 3.06. The number of aromatic nitrogens is 2. The van der Waals surface area contributed by atoms with Crippen molar-refractivity contribution in [3.05, 3.63) is 36.0 Å². The minimum absolute atomic E-state index is 0.339. The van der Waals surface area contributed by atoms with Gasteiger partial charge in [-0.05, 0) is 42.5 Å². The van der Waals surface area contributed by atoms with Crippen molar-refractivity contribution < 1.29 is 8.42 Å². The Hall–Kier alpha value is -1.14. The van der Waals surface area contributed by atoms with Crippen LogP contribution >= 0.6 is 15.9 Å². The molecular weight excluding hydrogens is 388 g/mol. The third kappa shape index (κ3) is 3.91. The van der Waals surface area contributed by atoms with E-state index in [2.05, 4.69) is 32.2 Å². The lowest BCUT2D eigenvalue weighted by molar-refractivity contribution is 0.316. The fraction of sp³-hybridized carbons (Fsp3) is 0.500. The van der Waals surface area contributed by atoms with Crippen molar-refractivity contribution in [1.82, 2.24) is 10.2 Å². The minimum atomic E-state index is -3.16.